The van der Waals surface area contributed by atoms with Gasteiger partial charge in [0.15, 0.2) is 0 Å². The highest BCUT2D eigenvalue weighted by Gasteiger charge is 2.11. The molecule has 0 fully saturated rings. The van der Waals surface area contributed by atoms with Crippen LogP contribution in [-0.4, -0.2) is 17.1 Å². The summed E-state index contributed by atoms with van der Waals surface area (Å²) in [5.74, 6) is 0.326. The predicted octanol–water partition coefficient (Wildman–Crippen LogP) is 3.44. The number of rotatable bonds is 2. The monoisotopic (exact) mass is 254 g/mol. The van der Waals surface area contributed by atoms with E-state index in [0.29, 0.717) is 11.3 Å². The molecule has 1 aromatic carbocycles. The van der Waals surface area contributed by atoms with E-state index in [1.54, 1.807) is 31.6 Å². The molecular formula is C15H11FN2O. The highest BCUT2D eigenvalue weighted by Crippen LogP contribution is 2.33. The molecule has 94 valence electrons. The van der Waals surface area contributed by atoms with Crippen molar-refractivity contribution in [1.82, 2.24) is 9.97 Å². The van der Waals surface area contributed by atoms with Crippen LogP contribution in [0.2, 0.25) is 0 Å². The average Bonchev–Trinajstić information content (AvgIpc) is 2.47. The summed E-state index contributed by atoms with van der Waals surface area (Å²) < 4.78 is 19.2. The summed E-state index contributed by atoms with van der Waals surface area (Å²) in [5.41, 5.74) is 2.01. The molecule has 0 spiro atoms. The minimum Gasteiger partial charge on any atom is -0.494 e. The first-order chi connectivity index (χ1) is 9.31. The van der Waals surface area contributed by atoms with Crippen LogP contribution < -0.4 is 4.74 Å². The average molecular weight is 254 g/mol. The molecule has 3 rings (SSSR count). The third-order valence-corrected chi connectivity index (χ3v) is 3.02. The predicted molar refractivity (Wildman–Crippen MR) is 71.5 cm³/mol. The van der Waals surface area contributed by atoms with Gasteiger partial charge >= 0.3 is 0 Å². The molecule has 2 aromatic heterocycles. The van der Waals surface area contributed by atoms with E-state index in [9.17, 15) is 4.39 Å². The molecule has 4 heteroatoms. The van der Waals surface area contributed by atoms with Gasteiger partial charge in [-0.2, -0.15) is 0 Å². The number of hydrogen-bond donors (Lipinski definition) is 0. The van der Waals surface area contributed by atoms with Crippen molar-refractivity contribution in [2.75, 3.05) is 7.11 Å². The van der Waals surface area contributed by atoms with E-state index >= 15 is 0 Å². The zero-order valence-electron chi connectivity index (χ0n) is 10.3. The Bertz CT molecular complexity index is 743. The summed E-state index contributed by atoms with van der Waals surface area (Å²) in [6.45, 7) is 0. The Morgan fingerprint density at radius 1 is 1.05 bits per heavy atom. The second kappa shape index (κ2) is 4.65. The Kier molecular flexibility index (Phi) is 2.83. The fourth-order valence-electron chi connectivity index (χ4n) is 2.14. The zero-order valence-corrected chi connectivity index (χ0v) is 10.3. The maximum Gasteiger partial charge on any atom is 0.149 e. The van der Waals surface area contributed by atoms with E-state index in [4.69, 9.17) is 4.74 Å². The lowest BCUT2D eigenvalue weighted by atomic mass is 10.0. The van der Waals surface area contributed by atoms with Crippen LogP contribution in [0.3, 0.4) is 0 Å². The van der Waals surface area contributed by atoms with Crippen LogP contribution in [0, 0.1) is 5.82 Å². The topological polar surface area (TPSA) is 35.0 Å². The third-order valence-electron chi connectivity index (χ3n) is 3.02. The fourth-order valence-corrected chi connectivity index (χ4v) is 2.14. The first-order valence-electron chi connectivity index (χ1n) is 5.83. The summed E-state index contributed by atoms with van der Waals surface area (Å²) in [5, 5.41) is 0.854. The van der Waals surface area contributed by atoms with E-state index in [1.807, 2.05) is 18.2 Å². The van der Waals surface area contributed by atoms with Crippen molar-refractivity contribution in [3.8, 4) is 16.9 Å². The van der Waals surface area contributed by atoms with Crippen LogP contribution in [0.25, 0.3) is 22.0 Å². The number of hydrogen-bond acceptors (Lipinski definition) is 3. The van der Waals surface area contributed by atoms with Crippen molar-refractivity contribution < 1.29 is 9.13 Å². The summed E-state index contributed by atoms with van der Waals surface area (Å²) in [7, 11) is 1.59. The molecular weight excluding hydrogens is 243 g/mol. The lowest BCUT2D eigenvalue weighted by Gasteiger charge is -2.10. The zero-order chi connectivity index (χ0) is 13.2. The summed E-state index contributed by atoms with van der Waals surface area (Å²) in [6, 6.07) is 9.01. The van der Waals surface area contributed by atoms with Crippen molar-refractivity contribution in [3.05, 3.63) is 54.7 Å². The number of ether oxygens (including phenoxy) is 1. The Balaban J connectivity index is 2.35. The summed E-state index contributed by atoms with van der Waals surface area (Å²) >= 11 is 0. The van der Waals surface area contributed by atoms with E-state index < -0.39 is 0 Å². The standard InChI is InChI=1S/C15H11FN2O/c1-19-14-5-4-10(11-6-8-17-9-13(11)16)12-3-2-7-18-15(12)14/h2-9H,1H3. The Hall–Kier alpha value is -2.49. The van der Waals surface area contributed by atoms with E-state index in [-0.39, 0.29) is 5.82 Å². The van der Waals surface area contributed by atoms with Crippen LogP contribution in [0.15, 0.2) is 48.9 Å². The van der Waals surface area contributed by atoms with Crippen LogP contribution >= 0.6 is 0 Å². The van der Waals surface area contributed by atoms with Crippen LogP contribution in [0.5, 0.6) is 5.75 Å². The fraction of sp³-hybridized carbons (Fsp3) is 0.0667. The van der Waals surface area contributed by atoms with Crippen molar-refractivity contribution in [3.63, 3.8) is 0 Å². The minimum atomic E-state index is -0.349. The van der Waals surface area contributed by atoms with Gasteiger partial charge in [-0.05, 0) is 29.8 Å². The molecule has 0 amide bonds. The van der Waals surface area contributed by atoms with E-state index in [2.05, 4.69) is 9.97 Å². The Morgan fingerprint density at radius 2 is 1.95 bits per heavy atom. The molecule has 0 atom stereocenters. The molecule has 2 heterocycles. The highest BCUT2D eigenvalue weighted by molar-refractivity contribution is 5.97. The van der Waals surface area contributed by atoms with Gasteiger partial charge in [-0.15, -0.1) is 0 Å². The second-order valence-corrected chi connectivity index (χ2v) is 4.07. The van der Waals surface area contributed by atoms with Gasteiger partial charge in [0.2, 0.25) is 0 Å². The largest absolute Gasteiger partial charge is 0.494 e. The molecule has 3 aromatic rings. The van der Waals surface area contributed by atoms with Crippen molar-refractivity contribution >= 4 is 10.9 Å². The number of fused-ring (bicyclic) bond motifs is 1. The molecule has 0 saturated carbocycles. The van der Waals surface area contributed by atoms with Crippen molar-refractivity contribution in [1.29, 1.82) is 0 Å². The molecule has 0 aliphatic rings. The molecule has 0 aliphatic carbocycles. The molecule has 0 unspecified atom stereocenters. The third kappa shape index (κ3) is 1.91. The first-order valence-corrected chi connectivity index (χ1v) is 5.83. The highest BCUT2D eigenvalue weighted by atomic mass is 19.1. The van der Waals surface area contributed by atoms with Crippen LogP contribution in [0.1, 0.15) is 0 Å². The SMILES string of the molecule is COc1ccc(-c2ccncc2F)c2cccnc12. The maximum absolute atomic E-state index is 13.9. The number of halogens is 1. The minimum absolute atomic E-state index is 0.349. The van der Waals surface area contributed by atoms with Gasteiger partial charge in [0, 0.05) is 23.3 Å². The maximum atomic E-state index is 13.9. The van der Waals surface area contributed by atoms with Crippen molar-refractivity contribution in [2.24, 2.45) is 0 Å². The lowest BCUT2D eigenvalue weighted by molar-refractivity contribution is 0.419. The molecule has 19 heavy (non-hydrogen) atoms. The number of benzene rings is 1. The van der Waals surface area contributed by atoms with E-state index in [0.717, 1.165) is 16.5 Å². The Morgan fingerprint density at radius 3 is 2.74 bits per heavy atom. The molecule has 0 N–H and O–H groups in total. The van der Waals surface area contributed by atoms with Crippen LogP contribution in [0.4, 0.5) is 4.39 Å². The quantitative estimate of drug-likeness (QED) is 0.702. The number of methoxy groups -OCH3 is 1. The van der Waals surface area contributed by atoms with Gasteiger partial charge in [-0.25, -0.2) is 4.39 Å². The Labute approximate surface area is 109 Å². The summed E-state index contributed by atoms with van der Waals surface area (Å²) in [4.78, 5) is 8.07. The van der Waals surface area contributed by atoms with Crippen LogP contribution in [-0.2, 0) is 0 Å². The molecule has 3 nitrogen and oxygen atoms in total. The van der Waals surface area contributed by atoms with Gasteiger partial charge < -0.3 is 4.74 Å². The summed E-state index contributed by atoms with van der Waals surface area (Å²) in [6.07, 6.45) is 4.48. The van der Waals surface area contributed by atoms with Gasteiger partial charge in [-0.1, -0.05) is 6.07 Å². The molecule has 0 saturated heterocycles. The number of aromatic nitrogens is 2. The molecule has 0 bridgehead atoms. The molecule has 0 radical (unpaired) electrons. The van der Waals surface area contributed by atoms with Gasteiger partial charge in [0.25, 0.3) is 0 Å². The number of nitrogens with zero attached hydrogens (tertiary/aromatic N) is 2. The van der Waals surface area contributed by atoms with Gasteiger partial charge in [0.1, 0.15) is 17.1 Å². The second-order valence-electron chi connectivity index (χ2n) is 4.07. The normalized spacial score (nSPS) is 10.6. The van der Waals surface area contributed by atoms with E-state index in [1.165, 1.54) is 6.20 Å². The smallest absolute Gasteiger partial charge is 0.149 e. The first kappa shape index (κ1) is 11.6. The van der Waals surface area contributed by atoms with Gasteiger partial charge in [0.05, 0.1) is 13.3 Å². The van der Waals surface area contributed by atoms with Gasteiger partial charge in [-0.3, -0.25) is 9.97 Å². The lowest BCUT2D eigenvalue weighted by Crippen LogP contribution is -1.91. The number of pyridine rings is 2. The molecule has 0 aliphatic heterocycles. The van der Waals surface area contributed by atoms with Crippen molar-refractivity contribution in [2.45, 2.75) is 0 Å².